The number of carbonyl (C=O) groups is 1. The van der Waals surface area contributed by atoms with Crippen LogP contribution in [-0.4, -0.2) is 13.0 Å². The fourth-order valence-electron chi connectivity index (χ4n) is 1.42. The van der Waals surface area contributed by atoms with Crippen molar-refractivity contribution in [2.45, 2.75) is 12.3 Å². The van der Waals surface area contributed by atoms with Gasteiger partial charge in [0.25, 0.3) is 0 Å². The van der Waals surface area contributed by atoms with Crippen molar-refractivity contribution in [3.8, 4) is 0 Å². The molecular weight excluding hydrogens is 174 g/mol. The van der Waals surface area contributed by atoms with E-state index in [0.29, 0.717) is 6.42 Å². The lowest BCUT2D eigenvalue weighted by Crippen LogP contribution is -2.25. The molecule has 0 aliphatic carbocycles. The van der Waals surface area contributed by atoms with E-state index in [1.165, 1.54) is 0 Å². The summed E-state index contributed by atoms with van der Waals surface area (Å²) in [5, 5.41) is 2.66. The first-order valence-corrected chi connectivity index (χ1v) is 4.67. The van der Waals surface area contributed by atoms with Crippen molar-refractivity contribution in [2.75, 3.05) is 7.05 Å². The minimum Gasteiger partial charge on any atom is -0.359 e. The highest BCUT2D eigenvalue weighted by Crippen LogP contribution is 2.19. The van der Waals surface area contributed by atoms with Crippen LogP contribution in [0.15, 0.2) is 43.0 Å². The van der Waals surface area contributed by atoms with Gasteiger partial charge in [-0.25, -0.2) is 0 Å². The summed E-state index contributed by atoms with van der Waals surface area (Å²) < 4.78 is 0. The van der Waals surface area contributed by atoms with Crippen LogP contribution >= 0.6 is 0 Å². The molecule has 0 radical (unpaired) electrons. The Morgan fingerprint density at radius 3 is 2.64 bits per heavy atom. The second-order valence-corrected chi connectivity index (χ2v) is 3.10. The van der Waals surface area contributed by atoms with Gasteiger partial charge < -0.3 is 5.32 Å². The van der Waals surface area contributed by atoms with E-state index in [2.05, 4.69) is 11.9 Å². The van der Waals surface area contributed by atoms with Crippen molar-refractivity contribution >= 4 is 5.91 Å². The molecule has 0 fully saturated rings. The highest BCUT2D eigenvalue weighted by Gasteiger charge is 2.16. The molecule has 0 heterocycles. The van der Waals surface area contributed by atoms with Crippen LogP contribution in [-0.2, 0) is 4.79 Å². The molecule has 1 aromatic rings. The molecule has 14 heavy (non-hydrogen) atoms. The first-order chi connectivity index (χ1) is 6.79. The van der Waals surface area contributed by atoms with Gasteiger partial charge in [-0.05, 0) is 12.0 Å². The van der Waals surface area contributed by atoms with Gasteiger partial charge in [0.2, 0.25) is 5.91 Å². The summed E-state index contributed by atoms with van der Waals surface area (Å²) in [5.74, 6) is -0.0743. The zero-order valence-corrected chi connectivity index (χ0v) is 8.36. The lowest BCUT2D eigenvalue weighted by atomic mass is 9.95. The number of nitrogens with one attached hydrogen (secondary N) is 1. The normalized spacial score (nSPS) is 11.8. The molecule has 2 nitrogen and oxygen atoms in total. The van der Waals surface area contributed by atoms with Gasteiger partial charge in [-0.3, -0.25) is 4.79 Å². The highest BCUT2D eigenvalue weighted by molar-refractivity contribution is 5.83. The third-order valence-electron chi connectivity index (χ3n) is 2.17. The first-order valence-electron chi connectivity index (χ1n) is 4.67. The maximum absolute atomic E-state index is 11.5. The number of hydrogen-bond acceptors (Lipinski definition) is 1. The summed E-state index contributed by atoms with van der Waals surface area (Å²) in [6.45, 7) is 3.66. The van der Waals surface area contributed by atoms with E-state index in [1.54, 1.807) is 13.1 Å². The Kier molecular flexibility index (Phi) is 3.92. The van der Waals surface area contributed by atoms with E-state index in [9.17, 15) is 4.79 Å². The van der Waals surface area contributed by atoms with Crippen molar-refractivity contribution in [3.63, 3.8) is 0 Å². The average Bonchev–Trinajstić information content (AvgIpc) is 2.26. The van der Waals surface area contributed by atoms with Gasteiger partial charge in [-0.2, -0.15) is 0 Å². The van der Waals surface area contributed by atoms with Crippen molar-refractivity contribution < 1.29 is 4.79 Å². The summed E-state index contributed by atoms with van der Waals surface area (Å²) in [5.41, 5.74) is 1.03. The Morgan fingerprint density at radius 2 is 2.14 bits per heavy atom. The van der Waals surface area contributed by atoms with E-state index >= 15 is 0 Å². The average molecular weight is 189 g/mol. The number of allylic oxidation sites excluding steroid dienone is 1. The predicted octanol–water partition coefficient (Wildman–Crippen LogP) is 2.09. The second-order valence-electron chi connectivity index (χ2n) is 3.10. The maximum atomic E-state index is 11.5. The molecule has 1 atom stereocenters. The number of rotatable bonds is 4. The molecule has 1 rings (SSSR count). The van der Waals surface area contributed by atoms with Gasteiger partial charge in [0.05, 0.1) is 5.92 Å². The molecule has 0 spiro atoms. The molecule has 74 valence electrons. The molecule has 1 amide bonds. The van der Waals surface area contributed by atoms with Crippen molar-refractivity contribution in [3.05, 3.63) is 48.6 Å². The third kappa shape index (κ3) is 2.46. The van der Waals surface area contributed by atoms with Crippen LogP contribution in [0.2, 0.25) is 0 Å². The van der Waals surface area contributed by atoms with Gasteiger partial charge in [0.15, 0.2) is 0 Å². The zero-order valence-electron chi connectivity index (χ0n) is 8.36. The summed E-state index contributed by atoms with van der Waals surface area (Å²) in [6.07, 6.45) is 2.44. The van der Waals surface area contributed by atoms with E-state index in [1.807, 2.05) is 30.3 Å². The largest absolute Gasteiger partial charge is 0.359 e. The Balaban J connectivity index is 2.88. The van der Waals surface area contributed by atoms with Crippen LogP contribution in [0, 0.1) is 0 Å². The summed E-state index contributed by atoms with van der Waals surface area (Å²) in [4.78, 5) is 11.5. The van der Waals surface area contributed by atoms with Crippen molar-refractivity contribution in [2.24, 2.45) is 0 Å². The molecule has 0 bridgehead atoms. The number of amides is 1. The second kappa shape index (κ2) is 5.22. The molecule has 2 heteroatoms. The number of carbonyl (C=O) groups excluding carboxylic acids is 1. The molecule has 0 saturated heterocycles. The Morgan fingerprint density at radius 1 is 1.50 bits per heavy atom. The highest BCUT2D eigenvalue weighted by atomic mass is 16.1. The molecule has 0 aliphatic rings. The van der Waals surface area contributed by atoms with Crippen LogP contribution in [0.3, 0.4) is 0 Å². The predicted molar refractivity (Wildman–Crippen MR) is 58.1 cm³/mol. The van der Waals surface area contributed by atoms with Crippen LogP contribution in [0.25, 0.3) is 0 Å². The Hall–Kier alpha value is -1.57. The van der Waals surface area contributed by atoms with Gasteiger partial charge in [0.1, 0.15) is 0 Å². The smallest absolute Gasteiger partial charge is 0.227 e. The van der Waals surface area contributed by atoms with Crippen LogP contribution in [0.5, 0.6) is 0 Å². The van der Waals surface area contributed by atoms with Crippen molar-refractivity contribution in [1.29, 1.82) is 0 Å². The topological polar surface area (TPSA) is 29.1 Å². The Bertz CT molecular complexity index is 305. The van der Waals surface area contributed by atoms with E-state index in [4.69, 9.17) is 0 Å². The number of benzene rings is 1. The first kappa shape index (κ1) is 10.5. The summed E-state index contributed by atoms with van der Waals surface area (Å²) >= 11 is 0. The lowest BCUT2D eigenvalue weighted by Gasteiger charge is -2.13. The third-order valence-corrected chi connectivity index (χ3v) is 2.17. The van der Waals surface area contributed by atoms with Crippen LogP contribution in [0.4, 0.5) is 0 Å². The molecule has 1 N–H and O–H groups in total. The maximum Gasteiger partial charge on any atom is 0.227 e. The molecule has 1 unspecified atom stereocenters. The lowest BCUT2D eigenvalue weighted by molar-refractivity contribution is -0.122. The van der Waals surface area contributed by atoms with Gasteiger partial charge in [-0.1, -0.05) is 36.4 Å². The molecule has 0 aromatic heterocycles. The van der Waals surface area contributed by atoms with Crippen LogP contribution < -0.4 is 5.32 Å². The monoisotopic (exact) mass is 189 g/mol. The fraction of sp³-hybridized carbons (Fsp3) is 0.250. The van der Waals surface area contributed by atoms with E-state index in [-0.39, 0.29) is 11.8 Å². The number of hydrogen-bond donors (Lipinski definition) is 1. The quantitative estimate of drug-likeness (QED) is 0.722. The van der Waals surface area contributed by atoms with Crippen molar-refractivity contribution in [1.82, 2.24) is 5.32 Å². The molecular formula is C12H15NO. The molecule has 0 saturated carbocycles. The van der Waals surface area contributed by atoms with E-state index in [0.717, 1.165) is 5.56 Å². The van der Waals surface area contributed by atoms with E-state index < -0.39 is 0 Å². The molecule has 1 aromatic carbocycles. The SMILES string of the molecule is C=CCC(C(=O)NC)c1ccccc1. The Labute approximate surface area is 84.6 Å². The zero-order chi connectivity index (χ0) is 10.4. The minimum absolute atomic E-state index is 0.0381. The summed E-state index contributed by atoms with van der Waals surface area (Å²) in [6, 6.07) is 9.74. The van der Waals surface area contributed by atoms with Gasteiger partial charge >= 0.3 is 0 Å². The van der Waals surface area contributed by atoms with Crippen LogP contribution in [0.1, 0.15) is 17.9 Å². The minimum atomic E-state index is -0.112. The fourth-order valence-corrected chi connectivity index (χ4v) is 1.42. The number of likely N-dealkylation sites (N-methyl/N-ethyl adjacent to an activating group) is 1. The van der Waals surface area contributed by atoms with Gasteiger partial charge in [-0.15, -0.1) is 6.58 Å². The van der Waals surface area contributed by atoms with Gasteiger partial charge in [0, 0.05) is 7.05 Å². The molecule has 0 aliphatic heterocycles. The standard InChI is InChI=1S/C12H15NO/c1-3-7-11(12(14)13-2)10-8-5-4-6-9-10/h3-6,8-9,11H,1,7H2,2H3,(H,13,14). The summed E-state index contributed by atoms with van der Waals surface area (Å²) in [7, 11) is 1.65.